The molecule has 6 heteroatoms. The predicted octanol–water partition coefficient (Wildman–Crippen LogP) is 1.77. The quantitative estimate of drug-likeness (QED) is 0.796. The van der Waals surface area contributed by atoms with Crippen LogP contribution in [0.15, 0.2) is 22.8 Å². The van der Waals surface area contributed by atoms with Crippen LogP contribution in [0.2, 0.25) is 0 Å². The number of carbonyl (C=O) groups is 2. The lowest BCUT2D eigenvalue weighted by Gasteiger charge is -2.31. The second-order valence-electron chi connectivity index (χ2n) is 6.95. The van der Waals surface area contributed by atoms with E-state index >= 15 is 0 Å². The minimum Gasteiger partial charge on any atom is -0.467 e. The molecule has 2 heterocycles. The molecule has 0 spiro atoms. The van der Waals surface area contributed by atoms with Gasteiger partial charge in [0, 0.05) is 12.0 Å². The molecular weight excluding hydrogens is 306 g/mol. The lowest BCUT2D eigenvalue weighted by atomic mass is 9.95. The molecule has 2 N–H and O–H groups in total. The van der Waals surface area contributed by atoms with Crippen molar-refractivity contribution in [1.29, 1.82) is 0 Å². The maximum Gasteiger partial charge on any atom is 0.234 e. The number of rotatable bonds is 7. The van der Waals surface area contributed by atoms with Gasteiger partial charge >= 0.3 is 0 Å². The zero-order chi connectivity index (χ0) is 17.5. The Balaban J connectivity index is 1.66. The minimum absolute atomic E-state index is 0.0114. The van der Waals surface area contributed by atoms with Crippen LogP contribution in [0.25, 0.3) is 0 Å². The second kappa shape index (κ2) is 8.87. The molecule has 0 bridgehead atoms. The number of likely N-dealkylation sites (tertiary alicyclic amines) is 1. The Labute approximate surface area is 144 Å². The van der Waals surface area contributed by atoms with Crippen molar-refractivity contribution in [3.8, 4) is 0 Å². The number of hydrogen-bond donors (Lipinski definition) is 2. The van der Waals surface area contributed by atoms with Gasteiger partial charge in [-0.15, -0.1) is 0 Å². The van der Waals surface area contributed by atoms with Crippen molar-refractivity contribution in [2.75, 3.05) is 19.6 Å². The molecule has 1 aliphatic heterocycles. The molecule has 1 fully saturated rings. The van der Waals surface area contributed by atoms with E-state index in [4.69, 9.17) is 4.42 Å². The van der Waals surface area contributed by atoms with Gasteiger partial charge in [-0.25, -0.2) is 0 Å². The highest BCUT2D eigenvalue weighted by molar-refractivity contribution is 5.79. The third-order valence-electron chi connectivity index (χ3n) is 4.74. The van der Waals surface area contributed by atoms with E-state index in [-0.39, 0.29) is 23.8 Å². The van der Waals surface area contributed by atoms with E-state index in [0.717, 1.165) is 31.7 Å². The van der Waals surface area contributed by atoms with Crippen molar-refractivity contribution >= 4 is 11.8 Å². The van der Waals surface area contributed by atoms with E-state index in [1.807, 2.05) is 13.0 Å². The van der Waals surface area contributed by atoms with Crippen LogP contribution < -0.4 is 10.6 Å². The Morgan fingerprint density at radius 1 is 1.29 bits per heavy atom. The molecule has 6 nitrogen and oxygen atoms in total. The fourth-order valence-corrected chi connectivity index (χ4v) is 2.72. The molecule has 0 unspecified atom stereocenters. The van der Waals surface area contributed by atoms with E-state index in [9.17, 15) is 9.59 Å². The van der Waals surface area contributed by atoms with Crippen LogP contribution >= 0.6 is 0 Å². The van der Waals surface area contributed by atoms with E-state index in [0.29, 0.717) is 19.0 Å². The van der Waals surface area contributed by atoms with Crippen LogP contribution in [0.1, 0.15) is 39.4 Å². The summed E-state index contributed by atoms with van der Waals surface area (Å²) >= 11 is 0. The summed E-state index contributed by atoms with van der Waals surface area (Å²) in [7, 11) is 0. The molecule has 24 heavy (non-hydrogen) atoms. The predicted molar refractivity (Wildman–Crippen MR) is 92.2 cm³/mol. The van der Waals surface area contributed by atoms with Gasteiger partial charge < -0.3 is 15.1 Å². The lowest BCUT2D eigenvalue weighted by molar-refractivity contribution is -0.127. The summed E-state index contributed by atoms with van der Waals surface area (Å²) in [6, 6.07) is 3.84. The SMILES string of the molecule is CC(C)[C@@H](C)NC(=O)C1CCN(CC(=O)NCc2ccco2)CC1. The van der Waals surface area contributed by atoms with Crippen molar-refractivity contribution in [3.05, 3.63) is 24.2 Å². The van der Waals surface area contributed by atoms with Gasteiger partial charge in [0.2, 0.25) is 11.8 Å². The van der Waals surface area contributed by atoms with E-state index < -0.39 is 0 Å². The van der Waals surface area contributed by atoms with E-state index in [1.54, 1.807) is 12.3 Å². The largest absolute Gasteiger partial charge is 0.467 e. The number of hydrogen-bond acceptors (Lipinski definition) is 4. The Hall–Kier alpha value is -1.82. The molecule has 0 saturated carbocycles. The van der Waals surface area contributed by atoms with Gasteiger partial charge in [0.05, 0.1) is 19.4 Å². The standard InChI is InChI=1S/C18H29N3O3/c1-13(2)14(3)20-18(23)15-6-8-21(9-7-15)12-17(22)19-11-16-5-4-10-24-16/h4-5,10,13-15H,6-9,11-12H2,1-3H3,(H,19,22)(H,20,23)/t14-/m1/s1. The minimum atomic E-state index is -0.0114. The van der Waals surface area contributed by atoms with Gasteiger partial charge in [0.15, 0.2) is 0 Å². The number of piperidine rings is 1. The zero-order valence-electron chi connectivity index (χ0n) is 14.9. The van der Waals surface area contributed by atoms with Crippen molar-refractivity contribution in [3.63, 3.8) is 0 Å². The van der Waals surface area contributed by atoms with Gasteiger partial charge in [-0.2, -0.15) is 0 Å². The molecular formula is C18H29N3O3. The number of carbonyl (C=O) groups excluding carboxylic acids is 2. The number of nitrogens with zero attached hydrogens (tertiary/aromatic N) is 1. The average molecular weight is 335 g/mol. The molecule has 0 aliphatic carbocycles. The Bertz CT molecular complexity index is 520. The molecule has 1 saturated heterocycles. The summed E-state index contributed by atoms with van der Waals surface area (Å²) in [6.07, 6.45) is 3.21. The van der Waals surface area contributed by atoms with Gasteiger partial charge in [0.25, 0.3) is 0 Å². The van der Waals surface area contributed by atoms with Crippen LogP contribution in [0.4, 0.5) is 0 Å². The van der Waals surface area contributed by atoms with Gasteiger partial charge in [-0.05, 0) is 50.9 Å². The summed E-state index contributed by atoms with van der Waals surface area (Å²) in [5.41, 5.74) is 0. The topological polar surface area (TPSA) is 74.6 Å². The van der Waals surface area contributed by atoms with Crippen molar-refractivity contribution < 1.29 is 14.0 Å². The number of furan rings is 1. The van der Waals surface area contributed by atoms with Crippen LogP contribution in [0.5, 0.6) is 0 Å². The molecule has 2 amide bonds. The van der Waals surface area contributed by atoms with Crippen molar-refractivity contribution in [1.82, 2.24) is 15.5 Å². The monoisotopic (exact) mass is 335 g/mol. The highest BCUT2D eigenvalue weighted by Gasteiger charge is 2.26. The summed E-state index contributed by atoms with van der Waals surface area (Å²) in [6.45, 7) is 8.60. The number of nitrogens with one attached hydrogen (secondary N) is 2. The van der Waals surface area contributed by atoms with Gasteiger partial charge in [-0.1, -0.05) is 13.8 Å². The molecule has 1 aromatic rings. The molecule has 1 atom stereocenters. The van der Waals surface area contributed by atoms with Crippen molar-refractivity contribution in [2.45, 2.75) is 46.2 Å². The molecule has 1 aliphatic rings. The summed E-state index contributed by atoms with van der Waals surface area (Å²) in [5.74, 6) is 1.39. The summed E-state index contributed by atoms with van der Waals surface area (Å²) < 4.78 is 5.19. The highest BCUT2D eigenvalue weighted by atomic mass is 16.3. The van der Waals surface area contributed by atoms with Crippen LogP contribution in [0, 0.1) is 11.8 Å². The Morgan fingerprint density at radius 2 is 2.00 bits per heavy atom. The molecule has 1 aromatic heterocycles. The van der Waals surface area contributed by atoms with Gasteiger partial charge in [-0.3, -0.25) is 14.5 Å². The first-order valence-electron chi connectivity index (χ1n) is 8.77. The van der Waals surface area contributed by atoms with E-state index in [2.05, 4.69) is 29.4 Å². The number of amides is 2. The first-order chi connectivity index (χ1) is 11.5. The van der Waals surface area contributed by atoms with Crippen molar-refractivity contribution in [2.24, 2.45) is 11.8 Å². The van der Waals surface area contributed by atoms with Gasteiger partial charge in [0.1, 0.15) is 5.76 Å². The second-order valence-corrected chi connectivity index (χ2v) is 6.95. The molecule has 0 radical (unpaired) electrons. The normalized spacial score (nSPS) is 17.7. The molecule has 2 rings (SSSR count). The Kier molecular flexibility index (Phi) is 6.85. The van der Waals surface area contributed by atoms with Crippen LogP contribution in [-0.2, 0) is 16.1 Å². The molecule has 134 valence electrons. The average Bonchev–Trinajstić information content (AvgIpc) is 3.07. The summed E-state index contributed by atoms with van der Waals surface area (Å²) in [5, 5.41) is 5.94. The fourth-order valence-electron chi connectivity index (χ4n) is 2.72. The summed E-state index contributed by atoms with van der Waals surface area (Å²) in [4.78, 5) is 26.3. The maximum atomic E-state index is 12.3. The third-order valence-corrected chi connectivity index (χ3v) is 4.74. The zero-order valence-corrected chi connectivity index (χ0v) is 14.9. The fraction of sp³-hybridized carbons (Fsp3) is 0.667. The smallest absolute Gasteiger partial charge is 0.234 e. The Morgan fingerprint density at radius 3 is 2.58 bits per heavy atom. The van der Waals surface area contributed by atoms with E-state index in [1.165, 1.54) is 0 Å². The third kappa shape index (κ3) is 5.67. The lowest BCUT2D eigenvalue weighted by Crippen LogP contribution is -2.46. The molecule has 0 aromatic carbocycles. The first-order valence-corrected chi connectivity index (χ1v) is 8.77. The van der Waals surface area contributed by atoms with Crippen LogP contribution in [-0.4, -0.2) is 42.4 Å². The highest BCUT2D eigenvalue weighted by Crippen LogP contribution is 2.17. The van der Waals surface area contributed by atoms with Crippen LogP contribution in [0.3, 0.4) is 0 Å². The first kappa shape index (κ1) is 18.5. The maximum absolute atomic E-state index is 12.3.